The molecule has 24 heavy (non-hydrogen) atoms. The zero-order valence-electron chi connectivity index (χ0n) is 14.2. The Morgan fingerprint density at radius 1 is 1.17 bits per heavy atom. The molecule has 1 aromatic carbocycles. The van der Waals surface area contributed by atoms with E-state index in [9.17, 15) is 4.79 Å². The Morgan fingerprint density at radius 2 is 1.92 bits per heavy atom. The van der Waals surface area contributed by atoms with Crippen LogP contribution in [0, 0.1) is 6.92 Å². The third-order valence-corrected chi connectivity index (χ3v) is 3.92. The average Bonchev–Trinajstić information content (AvgIpc) is 2.96. The van der Waals surface area contributed by atoms with Gasteiger partial charge in [-0.05, 0) is 39.0 Å². The molecule has 3 rings (SSSR count). The van der Waals surface area contributed by atoms with Crippen LogP contribution in [0.25, 0.3) is 16.7 Å². The van der Waals surface area contributed by atoms with E-state index in [2.05, 4.69) is 15.4 Å². The molecule has 2 heterocycles. The molecule has 0 fully saturated rings. The maximum absolute atomic E-state index is 12.3. The number of fused-ring (bicyclic) bond motifs is 1. The van der Waals surface area contributed by atoms with Crippen molar-refractivity contribution >= 4 is 22.8 Å². The molecule has 0 spiro atoms. The van der Waals surface area contributed by atoms with Gasteiger partial charge in [0.05, 0.1) is 11.2 Å². The first-order valence-electron chi connectivity index (χ1n) is 8.11. The lowest BCUT2D eigenvalue weighted by Crippen LogP contribution is -2.35. The van der Waals surface area contributed by atoms with Crippen molar-refractivity contribution in [2.24, 2.45) is 0 Å². The largest absolute Gasteiger partial charge is 0.325 e. The SMILES string of the molecule is CCN(CC)C(=O)Nc1cc(C)nn1-c1ccc2ccccc2n1. The summed E-state index contributed by atoms with van der Waals surface area (Å²) in [6, 6.07) is 13.5. The normalized spacial score (nSPS) is 10.8. The van der Waals surface area contributed by atoms with E-state index in [0.717, 1.165) is 16.6 Å². The number of amides is 2. The molecule has 0 atom stereocenters. The second-order valence-electron chi connectivity index (χ2n) is 5.55. The number of nitrogens with zero attached hydrogens (tertiary/aromatic N) is 4. The smallest absolute Gasteiger partial charge is 0.322 e. The molecule has 2 amide bonds. The summed E-state index contributed by atoms with van der Waals surface area (Å²) in [5.74, 6) is 1.30. The number of aromatic nitrogens is 3. The minimum Gasteiger partial charge on any atom is -0.325 e. The van der Waals surface area contributed by atoms with Crippen molar-refractivity contribution in [1.29, 1.82) is 0 Å². The van der Waals surface area contributed by atoms with Crippen molar-refractivity contribution in [2.75, 3.05) is 18.4 Å². The zero-order chi connectivity index (χ0) is 17.1. The highest BCUT2D eigenvalue weighted by molar-refractivity contribution is 5.89. The fourth-order valence-corrected chi connectivity index (χ4v) is 2.64. The van der Waals surface area contributed by atoms with Gasteiger partial charge in [-0.25, -0.2) is 9.78 Å². The molecule has 0 saturated heterocycles. The summed E-state index contributed by atoms with van der Waals surface area (Å²) < 4.78 is 1.67. The monoisotopic (exact) mass is 323 g/mol. The summed E-state index contributed by atoms with van der Waals surface area (Å²) in [6.45, 7) is 7.12. The van der Waals surface area contributed by atoms with Crippen LogP contribution in [0.5, 0.6) is 0 Å². The van der Waals surface area contributed by atoms with E-state index in [-0.39, 0.29) is 6.03 Å². The highest BCUT2D eigenvalue weighted by Gasteiger charge is 2.15. The molecule has 1 N–H and O–H groups in total. The van der Waals surface area contributed by atoms with Gasteiger partial charge in [0.2, 0.25) is 0 Å². The number of hydrogen-bond acceptors (Lipinski definition) is 3. The van der Waals surface area contributed by atoms with Crippen LogP contribution in [0.15, 0.2) is 42.5 Å². The Hall–Kier alpha value is -2.89. The standard InChI is InChI=1S/C18H21N5O/c1-4-22(5-2)18(24)20-17-12-13(3)21-23(17)16-11-10-14-8-6-7-9-15(14)19-16/h6-12H,4-5H2,1-3H3,(H,20,24). The molecule has 0 bridgehead atoms. The summed E-state index contributed by atoms with van der Waals surface area (Å²) in [5.41, 5.74) is 1.71. The number of pyridine rings is 1. The van der Waals surface area contributed by atoms with Crippen molar-refractivity contribution in [3.05, 3.63) is 48.2 Å². The Labute approximate surface area is 141 Å². The number of carbonyl (C=O) groups is 1. The van der Waals surface area contributed by atoms with E-state index in [1.807, 2.05) is 63.2 Å². The van der Waals surface area contributed by atoms with Gasteiger partial charge in [-0.3, -0.25) is 5.32 Å². The van der Waals surface area contributed by atoms with E-state index >= 15 is 0 Å². The molecule has 124 valence electrons. The molecule has 6 nitrogen and oxygen atoms in total. The van der Waals surface area contributed by atoms with Crippen LogP contribution in [-0.2, 0) is 0 Å². The number of aryl methyl sites for hydroxylation is 1. The number of para-hydroxylation sites is 1. The van der Waals surface area contributed by atoms with Crippen LogP contribution < -0.4 is 5.32 Å². The Balaban J connectivity index is 1.97. The molecular weight excluding hydrogens is 302 g/mol. The summed E-state index contributed by atoms with van der Waals surface area (Å²) in [5, 5.41) is 8.47. The van der Waals surface area contributed by atoms with Crippen LogP contribution in [0.2, 0.25) is 0 Å². The summed E-state index contributed by atoms with van der Waals surface area (Å²) in [4.78, 5) is 18.7. The van der Waals surface area contributed by atoms with Crippen molar-refractivity contribution < 1.29 is 4.79 Å². The summed E-state index contributed by atoms with van der Waals surface area (Å²) in [6.07, 6.45) is 0. The summed E-state index contributed by atoms with van der Waals surface area (Å²) >= 11 is 0. The van der Waals surface area contributed by atoms with Gasteiger partial charge in [0.15, 0.2) is 5.82 Å². The van der Waals surface area contributed by atoms with Crippen LogP contribution in [0.3, 0.4) is 0 Å². The number of carbonyl (C=O) groups excluding carboxylic acids is 1. The van der Waals surface area contributed by atoms with Crippen molar-refractivity contribution in [3.8, 4) is 5.82 Å². The first kappa shape index (κ1) is 16.0. The van der Waals surface area contributed by atoms with Crippen molar-refractivity contribution in [2.45, 2.75) is 20.8 Å². The van der Waals surface area contributed by atoms with Gasteiger partial charge >= 0.3 is 6.03 Å². The van der Waals surface area contributed by atoms with Gasteiger partial charge in [0.1, 0.15) is 5.82 Å². The minimum atomic E-state index is -0.137. The number of rotatable bonds is 4. The molecule has 2 aromatic heterocycles. The highest BCUT2D eigenvalue weighted by atomic mass is 16.2. The fraction of sp³-hybridized carbons (Fsp3) is 0.278. The molecular formula is C18H21N5O. The van der Waals surface area contributed by atoms with Gasteiger partial charge in [-0.15, -0.1) is 0 Å². The number of nitrogens with one attached hydrogen (secondary N) is 1. The van der Waals surface area contributed by atoms with E-state index in [0.29, 0.717) is 24.7 Å². The second kappa shape index (κ2) is 6.70. The number of benzene rings is 1. The van der Waals surface area contributed by atoms with Crippen LogP contribution in [0.1, 0.15) is 19.5 Å². The lowest BCUT2D eigenvalue weighted by atomic mass is 10.2. The highest BCUT2D eigenvalue weighted by Crippen LogP contribution is 2.19. The molecule has 0 unspecified atom stereocenters. The van der Waals surface area contributed by atoms with Crippen molar-refractivity contribution in [1.82, 2.24) is 19.7 Å². The lowest BCUT2D eigenvalue weighted by molar-refractivity contribution is 0.217. The van der Waals surface area contributed by atoms with E-state index in [1.165, 1.54) is 0 Å². The van der Waals surface area contributed by atoms with Gasteiger partial charge in [0.25, 0.3) is 0 Å². The molecule has 0 radical (unpaired) electrons. The van der Waals surface area contributed by atoms with Crippen LogP contribution in [-0.4, -0.2) is 38.8 Å². The van der Waals surface area contributed by atoms with Crippen LogP contribution in [0.4, 0.5) is 10.6 Å². The quantitative estimate of drug-likeness (QED) is 0.798. The fourth-order valence-electron chi connectivity index (χ4n) is 2.64. The minimum absolute atomic E-state index is 0.137. The number of urea groups is 1. The second-order valence-corrected chi connectivity index (χ2v) is 5.55. The van der Waals surface area contributed by atoms with Gasteiger partial charge in [-0.2, -0.15) is 9.78 Å². The Kier molecular flexibility index (Phi) is 4.46. The van der Waals surface area contributed by atoms with E-state index in [4.69, 9.17) is 0 Å². The number of hydrogen-bond donors (Lipinski definition) is 1. The Morgan fingerprint density at radius 3 is 2.67 bits per heavy atom. The lowest BCUT2D eigenvalue weighted by Gasteiger charge is -2.19. The maximum atomic E-state index is 12.3. The van der Waals surface area contributed by atoms with Crippen LogP contribution >= 0.6 is 0 Å². The number of anilines is 1. The molecule has 0 aliphatic carbocycles. The first-order valence-corrected chi connectivity index (χ1v) is 8.11. The first-order chi connectivity index (χ1) is 11.6. The molecule has 3 aromatic rings. The predicted molar refractivity (Wildman–Crippen MR) is 95.5 cm³/mol. The third-order valence-electron chi connectivity index (χ3n) is 3.92. The van der Waals surface area contributed by atoms with E-state index < -0.39 is 0 Å². The topological polar surface area (TPSA) is 63.1 Å². The molecule has 6 heteroatoms. The third kappa shape index (κ3) is 3.08. The van der Waals surface area contributed by atoms with Gasteiger partial charge in [-0.1, -0.05) is 18.2 Å². The summed E-state index contributed by atoms with van der Waals surface area (Å²) in [7, 11) is 0. The Bertz CT molecular complexity index is 867. The molecule has 0 saturated carbocycles. The predicted octanol–water partition coefficient (Wildman–Crippen LogP) is 3.60. The van der Waals surface area contributed by atoms with Gasteiger partial charge < -0.3 is 4.90 Å². The zero-order valence-corrected chi connectivity index (χ0v) is 14.2. The maximum Gasteiger partial charge on any atom is 0.322 e. The van der Waals surface area contributed by atoms with Crippen molar-refractivity contribution in [3.63, 3.8) is 0 Å². The van der Waals surface area contributed by atoms with E-state index in [1.54, 1.807) is 9.58 Å². The molecule has 0 aliphatic rings. The van der Waals surface area contributed by atoms with Gasteiger partial charge in [0, 0.05) is 24.5 Å². The average molecular weight is 323 g/mol. The molecule has 0 aliphatic heterocycles.